The van der Waals surface area contributed by atoms with Crippen LogP contribution in [0, 0.1) is 0 Å². The van der Waals surface area contributed by atoms with E-state index in [2.05, 4.69) is 0 Å². The Morgan fingerprint density at radius 1 is 0.633 bits per heavy atom. The Morgan fingerprint density at radius 2 is 1.03 bits per heavy atom. The fourth-order valence-corrected chi connectivity index (χ4v) is 3.52. The van der Waals surface area contributed by atoms with Gasteiger partial charge in [-0.2, -0.15) is 0 Å². The highest BCUT2D eigenvalue weighted by atomic mass is 16.6. The first-order chi connectivity index (χ1) is 14.7. The molecule has 0 bridgehead atoms. The van der Waals surface area contributed by atoms with Crippen molar-refractivity contribution in [1.29, 1.82) is 0 Å². The fourth-order valence-electron chi connectivity index (χ4n) is 3.52. The summed E-state index contributed by atoms with van der Waals surface area (Å²) in [5.74, 6) is 1.76. The quantitative estimate of drug-likeness (QED) is 0.567. The minimum Gasteiger partial charge on any atom is -0.508 e. The average molecular weight is 418 g/mol. The molecule has 2 fully saturated rings. The first kappa shape index (κ1) is 20.7. The van der Waals surface area contributed by atoms with Crippen LogP contribution < -0.4 is 9.47 Å². The van der Waals surface area contributed by atoms with E-state index < -0.39 is 0 Å². The summed E-state index contributed by atoms with van der Waals surface area (Å²) in [5, 5.41) is 18.6. The molecule has 0 aromatic heterocycles. The molecule has 0 unspecified atom stereocenters. The van der Waals surface area contributed by atoms with Gasteiger partial charge in [0, 0.05) is 0 Å². The van der Waals surface area contributed by atoms with Crippen molar-refractivity contribution >= 4 is 0 Å². The van der Waals surface area contributed by atoms with E-state index in [1.807, 2.05) is 0 Å². The highest BCUT2D eigenvalue weighted by molar-refractivity contribution is 5.30. The van der Waals surface area contributed by atoms with Crippen molar-refractivity contribution in [3.05, 3.63) is 48.5 Å². The van der Waals surface area contributed by atoms with E-state index in [0.29, 0.717) is 51.1 Å². The van der Waals surface area contributed by atoms with Gasteiger partial charge in [-0.1, -0.05) is 0 Å². The third kappa shape index (κ3) is 5.34. The van der Waals surface area contributed by atoms with Crippen LogP contribution in [-0.4, -0.2) is 74.3 Å². The van der Waals surface area contributed by atoms with Gasteiger partial charge >= 0.3 is 0 Å². The fraction of sp³-hybridized carbons (Fsp3) is 0.455. The molecule has 2 aliphatic heterocycles. The summed E-state index contributed by atoms with van der Waals surface area (Å²) in [6.07, 6.45) is -0.607. The topological polar surface area (TPSA) is 95.8 Å². The molecule has 2 saturated heterocycles. The molecule has 2 heterocycles. The molecule has 2 aromatic carbocycles. The molecule has 4 rings (SSSR count). The van der Waals surface area contributed by atoms with Crippen molar-refractivity contribution in [2.75, 3.05) is 39.6 Å². The summed E-state index contributed by atoms with van der Waals surface area (Å²) in [6.45, 7) is 2.53. The Labute approximate surface area is 174 Å². The third-order valence-electron chi connectivity index (χ3n) is 5.00. The zero-order valence-electron chi connectivity index (χ0n) is 16.5. The Morgan fingerprint density at radius 3 is 1.43 bits per heavy atom. The normalized spacial score (nSPS) is 25.2. The highest BCUT2D eigenvalue weighted by Gasteiger charge is 2.48. The molecule has 0 amide bonds. The first-order valence-corrected chi connectivity index (χ1v) is 9.99. The second-order valence-corrected chi connectivity index (χ2v) is 7.10. The second kappa shape index (κ2) is 9.99. The molecule has 0 aliphatic carbocycles. The van der Waals surface area contributed by atoms with Gasteiger partial charge in [-0.25, -0.2) is 0 Å². The van der Waals surface area contributed by atoms with E-state index in [0.717, 1.165) is 0 Å². The van der Waals surface area contributed by atoms with Crippen molar-refractivity contribution in [1.82, 2.24) is 0 Å². The van der Waals surface area contributed by atoms with Crippen LogP contribution >= 0.6 is 0 Å². The Balaban J connectivity index is 1.13. The van der Waals surface area contributed by atoms with E-state index in [4.69, 9.17) is 28.4 Å². The predicted octanol–water partition coefficient (Wildman–Crippen LogP) is 2.12. The van der Waals surface area contributed by atoms with Crippen LogP contribution in [0.15, 0.2) is 48.5 Å². The number of phenolic OH excluding ortho intramolecular Hbond substituents is 2. The van der Waals surface area contributed by atoms with Gasteiger partial charge in [0.1, 0.15) is 60.6 Å². The van der Waals surface area contributed by atoms with Crippen molar-refractivity contribution in [2.45, 2.75) is 24.4 Å². The summed E-state index contributed by atoms with van der Waals surface area (Å²) in [6, 6.07) is 13.1. The molecule has 30 heavy (non-hydrogen) atoms. The number of hydrogen-bond donors (Lipinski definition) is 2. The van der Waals surface area contributed by atoms with Crippen LogP contribution in [0.3, 0.4) is 0 Å². The number of phenols is 2. The van der Waals surface area contributed by atoms with Crippen molar-refractivity contribution < 1.29 is 38.6 Å². The molecule has 8 nitrogen and oxygen atoms in total. The van der Waals surface area contributed by atoms with Gasteiger partial charge < -0.3 is 38.6 Å². The van der Waals surface area contributed by atoms with Gasteiger partial charge in [-0.05, 0) is 48.5 Å². The number of aromatic hydroxyl groups is 2. The molecule has 8 heteroatoms. The van der Waals surface area contributed by atoms with Gasteiger partial charge in [-0.15, -0.1) is 0 Å². The maximum Gasteiger partial charge on any atom is 0.119 e. The first-order valence-electron chi connectivity index (χ1n) is 9.99. The monoisotopic (exact) mass is 418 g/mol. The lowest BCUT2D eigenvalue weighted by atomic mass is 10.1. The molecular formula is C22H26O8. The number of benzene rings is 2. The summed E-state index contributed by atoms with van der Waals surface area (Å²) in [4.78, 5) is 0. The van der Waals surface area contributed by atoms with Gasteiger partial charge in [0.05, 0.1) is 26.4 Å². The van der Waals surface area contributed by atoms with Crippen LogP contribution in [-0.2, 0) is 18.9 Å². The molecule has 162 valence electrons. The predicted molar refractivity (Wildman–Crippen MR) is 106 cm³/mol. The molecular weight excluding hydrogens is 392 g/mol. The highest BCUT2D eigenvalue weighted by Crippen LogP contribution is 2.30. The molecule has 0 saturated carbocycles. The van der Waals surface area contributed by atoms with E-state index in [1.165, 1.54) is 0 Å². The lowest BCUT2D eigenvalue weighted by Crippen LogP contribution is -2.35. The number of ether oxygens (including phenoxy) is 6. The zero-order chi connectivity index (χ0) is 20.8. The summed E-state index contributed by atoms with van der Waals surface area (Å²) in [5.41, 5.74) is 0. The van der Waals surface area contributed by atoms with Crippen LogP contribution in [0.1, 0.15) is 0 Å². The van der Waals surface area contributed by atoms with E-state index >= 15 is 0 Å². The zero-order valence-corrected chi connectivity index (χ0v) is 16.5. The smallest absolute Gasteiger partial charge is 0.119 e. The summed E-state index contributed by atoms with van der Waals surface area (Å²) < 4.78 is 34.6. The molecule has 0 spiro atoms. The molecule has 2 N–H and O–H groups in total. The van der Waals surface area contributed by atoms with Gasteiger partial charge in [0.15, 0.2) is 0 Å². The lowest BCUT2D eigenvalue weighted by Gasteiger charge is -2.17. The second-order valence-electron chi connectivity index (χ2n) is 7.10. The van der Waals surface area contributed by atoms with Gasteiger partial charge in [0.2, 0.25) is 0 Å². The summed E-state index contributed by atoms with van der Waals surface area (Å²) >= 11 is 0. The van der Waals surface area contributed by atoms with Gasteiger partial charge in [-0.3, -0.25) is 0 Å². The van der Waals surface area contributed by atoms with Crippen LogP contribution in [0.25, 0.3) is 0 Å². The van der Waals surface area contributed by atoms with Crippen LogP contribution in [0.2, 0.25) is 0 Å². The maximum atomic E-state index is 9.28. The lowest BCUT2D eigenvalue weighted by molar-refractivity contribution is -0.0569. The molecule has 0 radical (unpaired) electrons. The van der Waals surface area contributed by atoms with E-state index in [9.17, 15) is 10.2 Å². The Bertz CT molecular complexity index is 711. The van der Waals surface area contributed by atoms with Crippen LogP contribution in [0.4, 0.5) is 0 Å². The standard InChI is InChI=1S/C22H26O8/c23-15-1-5-17(6-2-15)25-9-11-27-19-13-29-22-20(14-30-21(19)22)28-12-10-26-18-7-3-16(24)4-8-18/h1-8,19-24H,9-14H2/t19-,20-,21-,22-/m1/s1. The van der Waals surface area contributed by atoms with Crippen molar-refractivity contribution in [3.63, 3.8) is 0 Å². The number of fused-ring (bicyclic) bond motifs is 1. The minimum atomic E-state index is -0.153. The SMILES string of the molecule is Oc1ccc(OCCO[C@@H]2CO[C@H]3[C@@H]2OC[C@H]3OCCOc2ccc(O)cc2)cc1. The summed E-state index contributed by atoms with van der Waals surface area (Å²) in [7, 11) is 0. The maximum absolute atomic E-state index is 9.28. The van der Waals surface area contributed by atoms with Crippen LogP contribution in [0.5, 0.6) is 23.0 Å². The van der Waals surface area contributed by atoms with Crippen molar-refractivity contribution in [2.24, 2.45) is 0 Å². The number of rotatable bonds is 10. The van der Waals surface area contributed by atoms with E-state index in [-0.39, 0.29) is 35.9 Å². The Kier molecular flexibility index (Phi) is 6.91. The van der Waals surface area contributed by atoms with E-state index in [1.54, 1.807) is 48.5 Å². The number of hydrogen-bond acceptors (Lipinski definition) is 8. The molecule has 4 atom stereocenters. The largest absolute Gasteiger partial charge is 0.508 e. The van der Waals surface area contributed by atoms with Crippen molar-refractivity contribution in [3.8, 4) is 23.0 Å². The Hall–Kier alpha value is -2.52. The van der Waals surface area contributed by atoms with Gasteiger partial charge in [0.25, 0.3) is 0 Å². The molecule has 2 aromatic rings. The average Bonchev–Trinajstić information content (AvgIpc) is 3.34. The third-order valence-corrected chi connectivity index (χ3v) is 5.00. The minimum absolute atomic E-state index is 0.151. The molecule has 2 aliphatic rings.